The Kier molecular flexibility index (Phi) is 15.0. The van der Waals surface area contributed by atoms with Gasteiger partial charge in [0.1, 0.15) is 6.54 Å². The summed E-state index contributed by atoms with van der Waals surface area (Å²) in [7, 11) is 4.56. The molecule has 0 atom stereocenters. The highest BCUT2D eigenvalue weighted by Gasteiger charge is 2.11. The minimum absolute atomic E-state index is 0. The summed E-state index contributed by atoms with van der Waals surface area (Å²) in [6, 6.07) is 10.8. The number of rotatable bonds is 14. The number of nitrogens with zero attached hydrogens (tertiary/aromatic N) is 1. The first-order valence-electron chi connectivity index (χ1n) is 10.2. The normalized spacial score (nSPS) is 11.6. The highest BCUT2D eigenvalue weighted by Crippen LogP contribution is 2.13. The van der Waals surface area contributed by atoms with E-state index >= 15 is 0 Å². The van der Waals surface area contributed by atoms with Gasteiger partial charge >= 0.3 is 0 Å². The van der Waals surface area contributed by atoms with Crippen molar-refractivity contribution in [1.29, 1.82) is 0 Å². The smallest absolute Gasteiger partial charge is 0.108 e. The molecule has 0 fully saturated rings. The van der Waals surface area contributed by atoms with E-state index in [4.69, 9.17) is 0 Å². The highest BCUT2D eigenvalue weighted by atomic mass is 35.5. The monoisotopic (exact) mass is 365 g/mol. The molecule has 0 saturated carbocycles. The maximum atomic E-state index is 2.38. The molecule has 0 aromatic heterocycles. The predicted molar refractivity (Wildman–Crippen MR) is 108 cm³/mol. The number of unbranched alkanes of at least 4 members (excludes halogenated alkanes) is 10. The molecule has 0 aliphatic carbocycles. The fourth-order valence-electron chi connectivity index (χ4n) is 3.22. The summed E-state index contributed by atoms with van der Waals surface area (Å²) < 4.78 is 0.932. The van der Waals surface area contributed by atoms with Crippen molar-refractivity contribution in [2.75, 3.05) is 14.1 Å². The second-order valence-electron chi connectivity index (χ2n) is 7.78. The van der Waals surface area contributed by atoms with Crippen LogP contribution in [0, 0.1) is 0 Å². The summed E-state index contributed by atoms with van der Waals surface area (Å²) in [5.41, 5.74) is 1.41. The van der Waals surface area contributed by atoms with Gasteiger partial charge in [0.15, 0.2) is 0 Å². The van der Waals surface area contributed by atoms with Gasteiger partial charge < -0.3 is 12.4 Å². The number of hydrogen-bond acceptors (Lipinski definition) is 0. The molecule has 0 amide bonds. The predicted octanol–water partition coefficient (Wildman–Crippen LogP) is 4.09. The summed E-state index contributed by atoms with van der Waals surface area (Å²) in [6.07, 6.45) is 20.1. The standard InChI is InChI=1S/C23H40N.ClH/c1-4-5-6-7-8-9-10-11-12-13-14-18-21-24(2,3)22-23-19-16-15-17-20-23;/h15-21H,4-14,22H2,1-3H3;1H/q+1;/p-1. The number of allylic oxidation sites excluding steroid dienone is 1. The molecule has 1 aromatic carbocycles. The van der Waals surface area contributed by atoms with Gasteiger partial charge in [0, 0.05) is 5.56 Å². The third kappa shape index (κ3) is 14.1. The first-order chi connectivity index (χ1) is 11.6. The van der Waals surface area contributed by atoms with Crippen molar-refractivity contribution < 1.29 is 16.9 Å². The van der Waals surface area contributed by atoms with Crippen LogP contribution in [0.15, 0.2) is 42.6 Å². The molecule has 0 aliphatic rings. The fourth-order valence-corrected chi connectivity index (χ4v) is 3.22. The van der Waals surface area contributed by atoms with E-state index in [-0.39, 0.29) is 12.4 Å². The molecule has 0 saturated heterocycles. The summed E-state index contributed by atoms with van der Waals surface area (Å²) in [5, 5.41) is 0. The van der Waals surface area contributed by atoms with Gasteiger partial charge in [-0.1, -0.05) is 95.0 Å². The molecular formula is C23H40ClN. The topological polar surface area (TPSA) is 0 Å². The Labute approximate surface area is 163 Å². The zero-order valence-corrected chi connectivity index (χ0v) is 17.6. The van der Waals surface area contributed by atoms with Gasteiger partial charge in [-0.3, -0.25) is 4.48 Å². The van der Waals surface area contributed by atoms with E-state index in [1.807, 2.05) is 0 Å². The summed E-state index contributed by atoms with van der Waals surface area (Å²) >= 11 is 0. The lowest BCUT2D eigenvalue weighted by Crippen LogP contribution is -3.00. The Morgan fingerprint density at radius 1 is 0.760 bits per heavy atom. The molecular weight excluding hydrogens is 326 g/mol. The maximum absolute atomic E-state index is 2.38. The van der Waals surface area contributed by atoms with Crippen molar-refractivity contribution in [1.82, 2.24) is 0 Å². The lowest BCUT2D eigenvalue weighted by molar-refractivity contribution is -0.852. The first kappa shape index (κ1) is 24.2. The third-order valence-corrected chi connectivity index (χ3v) is 4.67. The number of benzene rings is 1. The van der Waals surface area contributed by atoms with Crippen LogP contribution in [0.1, 0.15) is 83.1 Å². The lowest BCUT2D eigenvalue weighted by Gasteiger charge is -2.25. The Morgan fingerprint density at radius 3 is 1.84 bits per heavy atom. The van der Waals surface area contributed by atoms with Gasteiger partial charge in [-0.2, -0.15) is 0 Å². The van der Waals surface area contributed by atoms with Gasteiger partial charge in [0.05, 0.1) is 20.3 Å². The SMILES string of the molecule is CCCCCCCCCCCCC=C[N+](C)(C)Cc1ccccc1.[Cl-]. The molecule has 0 N–H and O–H groups in total. The maximum Gasteiger partial charge on any atom is 0.108 e. The Hall–Kier alpha value is -0.790. The molecule has 0 bridgehead atoms. The van der Waals surface area contributed by atoms with Gasteiger partial charge in [-0.05, 0) is 18.9 Å². The van der Waals surface area contributed by atoms with E-state index in [2.05, 4.69) is 63.6 Å². The average molecular weight is 366 g/mol. The van der Waals surface area contributed by atoms with E-state index in [9.17, 15) is 0 Å². The van der Waals surface area contributed by atoms with Gasteiger partial charge in [0.2, 0.25) is 0 Å². The first-order valence-corrected chi connectivity index (χ1v) is 10.2. The summed E-state index contributed by atoms with van der Waals surface area (Å²) in [4.78, 5) is 0. The van der Waals surface area contributed by atoms with Crippen LogP contribution in [0.5, 0.6) is 0 Å². The minimum atomic E-state index is 0. The van der Waals surface area contributed by atoms with Crippen LogP contribution in [0.3, 0.4) is 0 Å². The van der Waals surface area contributed by atoms with Crippen molar-refractivity contribution in [3.05, 3.63) is 48.2 Å². The summed E-state index contributed by atoms with van der Waals surface area (Å²) in [6.45, 7) is 3.35. The minimum Gasteiger partial charge on any atom is -1.00 e. The second-order valence-corrected chi connectivity index (χ2v) is 7.78. The van der Waals surface area contributed by atoms with E-state index in [0.29, 0.717) is 0 Å². The second kappa shape index (κ2) is 15.5. The number of hydrogen-bond donors (Lipinski definition) is 0. The van der Waals surface area contributed by atoms with Gasteiger partial charge in [0.25, 0.3) is 0 Å². The van der Waals surface area contributed by atoms with Crippen molar-refractivity contribution in [2.24, 2.45) is 0 Å². The average Bonchev–Trinajstić information content (AvgIpc) is 2.56. The van der Waals surface area contributed by atoms with Crippen molar-refractivity contribution in [3.8, 4) is 0 Å². The van der Waals surface area contributed by atoms with Crippen LogP contribution in [0.2, 0.25) is 0 Å². The molecule has 0 aliphatic heterocycles. The summed E-state index contributed by atoms with van der Waals surface area (Å²) in [5.74, 6) is 0. The van der Waals surface area contributed by atoms with E-state index in [1.54, 1.807) is 0 Å². The molecule has 2 heteroatoms. The Bertz CT molecular complexity index is 425. The van der Waals surface area contributed by atoms with Crippen molar-refractivity contribution in [2.45, 2.75) is 84.1 Å². The van der Waals surface area contributed by atoms with Crippen LogP contribution in [-0.4, -0.2) is 18.6 Å². The van der Waals surface area contributed by atoms with Crippen molar-refractivity contribution >= 4 is 0 Å². The van der Waals surface area contributed by atoms with Gasteiger partial charge in [-0.25, -0.2) is 0 Å². The highest BCUT2D eigenvalue weighted by molar-refractivity contribution is 5.13. The van der Waals surface area contributed by atoms with Gasteiger partial charge in [-0.15, -0.1) is 0 Å². The largest absolute Gasteiger partial charge is 1.00 e. The molecule has 0 spiro atoms. The Balaban J connectivity index is 0.00000576. The fraction of sp³-hybridized carbons (Fsp3) is 0.652. The van der Waals surface area contributed by atoms with Crippen molar-refractivity contribution in [3.63, 3.8) is 0 Å². The number of quaternary nitrogens is 1. The molecule has 0 unspecified atom stereocenters. The molecule has 144 valence electrons. The van der Waals surface area contributed by atoms with Crippen LogP contribution in [-0.2, 0) is 6.54 Å². The zero-order chi connectivity index (χ0) is 17.5. The molecule has 0 heterocycles. The lowest BCUT2D eigenvalue weighted by atomic mass is 10.1. The number of halogens is 1. The quantitative estimate of drug-likeness (QED) is 0.344. The van der Waals surface area contributed by atoms with E-state index in [1.165, 1.54) is 76.2 Å². The molecule has 1 aromatic rings. The van der Waals surface area contributed by atoms with Crippen LogP contribution < -0.4 is 12.4 Å². The van der Waals surface area contributed by atoms with Crippen LogP contribution in [0.4, 0.5) is 0 Å². The molecule has 0 radical (unpaired) electrons. The van der Waals surface area contributed by atoms with Crippen LogP contribution in [0.25, 0.3) is 0 Å². The molecule has 1 nitrogen and oxygen atoms in total. The van der Waals surface area contributed by atoms with E-state index < -0.39 is 0 Å². The Morgan fingerprint density at radius 2 is 1.28 bits per heavy atom. The third-order valence-electron chi connectivity index (χ3n) is 4.67. The van der Waals surface area contributed by atoms with Crippen LogP contribution >= 0.6 is 0 Å². The molecule has 25 heavy (non-hydrogen) atoms. The zero-order valence-electron chi connectivity index (χ0n) is 16.9. The molecule has 1 rings (SSSR count). The van der Waals surface area contributed by atoms with E-state index in [0.717, 1.165) is 11.0 Å².